The van der Waals surface area contributed by atoms with Crippen molar-refractivity contribution in [2.45, 2.75) is 4.90 Å². The normalized spacial score (nSPS) is 11.7. The third kappa shape index (κ3) is 4.60. The molecule has 4 rings (SSSR count). The number of thiazole rings is 1. The molecule has 33 heavy (non-hydrogen) atoms. The van der Waals surface area contributed by atoms with Gasteiger partial charge in [0, 0.05) is 17.6 Å². The Hall–Kier alpha value is -3.68. The molecular formula is C19H15ClN6O5S2. The summed E-state index contributed by atoms with van der Waals surface area (Å²) in [7, 11) is -2.72. The number of nitro groups is 1. The van der Waals surface area contributed by atoms with Crippen molar-refractivity contribution >= 4 is 61.2 Å². The molecule has 4 aromatic rings. The number of hydrogen-bond donors (Lipinski definition) is 2. The van der Waals surface area contributed by atoms with Crippen LogP contribution in [0.2, 0.25) is 5.15 Å². The summed E-state index contributed by atoms with van der Waals surface area (Å²) < 4.78 is 34.8. The van der Waals surface area contributed by atoms with Crippen molar-refractivity contribution in [1.82, 2.24) is 9.38 Å². The number of imidazole rings is 1. The number of nitro benzene ring substituents is 1. The van der Waals surface area contributed by atoms with Crippen LogP contribution in [-0.4, -0.2) is 36.1 Å². The highest BCUT2D eigenvalue weighted by molar-refractivity contribution is 7.92. The number of ether oxygens (including phenoxy) is 1. The van der Waals surface area contributed by atoms with Gasteiger partial charge in [-0.1, -0.05) is 23.7 Å². The van der Waals surface area contributed by atoms with Gasteiger partial charge in [0.15, 0.2) is 10.1 Å². The number of methoxy groups -OCH3 is 1. The van der Waals surface area contributed by atoms with E-state index in [0.29, 0.717) is 16.4 Å². The average molecular weight is 507 g/mol. The second kappa shape index (κ2) is 9.05. The molecule has 2 aromatic heterocycles. The molecule has 0 aliphatic carbocycles. The molecular weight excluding hydrogens is 492 g/mol. The van der Waals surface area contributed by atoms with E-state index in [1.807, 2.05) is 5.38 Å². The van der Waals surface area contributed by atoms with Gasteiger partial charge in [-0.2, -0.15) is 5.10 Å². The predicted octanol–water partition coefficient (Wildman–Crippen LogP) is 4.21. The lowest BCUT2D eigenvalue weighted by Crippen LogP contribution is -2.14. The predicted molar refractivity (Wildman–Crippen MR) is 126 cm³/mol. The molecule has 0 spiro atoms. The van der Waals surface area contributed by atoms with Crippen LogP contribution in [-0.2, 0) is 10.0 Å². The molecule has 0 radical (unpaired) electrons. The Bertz CT molecular complexity index is 1480. The van der Waals surface area contributed by atoms with Gasteiger partial charge >= 0.3 is 0 Å². The molecule has 11 nitrogen and oxygen atoms in total. The van der Waals surface area contributed by atoms with Crippen LogP contribution in [0.15, 0.2) is 64.0 Å². The van der Waals surface area contributed by atoms with E-state index in [1.165, 1.54) is 42.9 Å². The number of benzene rings is 2. The summed E-state index contributed by atoms with van der Waals surface area (Å²) in [4.78, 5) is 15.4. The van der Waals surface area contributed by atoms with Gasteiger partial charge < -0.3 is 4.74 Å². The summed E-state index contributed by atoms with van der Waals surface area (Å²) in [6, 6.07) is 9.84. The largest absolute Gasteiger partial charge is 0.495 e. The van der Waals surface area contributed by atoms with E-state index in [-0.39, 0.29) is 21.4 Å². The minimum absolute atomic E-state index is 0.00491. The lowest BCUT2D eigenvalue weighted by molar-refractivity contribution is -0.384. The van der Waals surface area contributed by atoms with Crippen LogP contribution < -0.4 is 14.9 Å². The molecule has 2 heterocycles. The van der Waals surface area contributed by atoms with E-state index >= 15 is 0 Å². The van der Waals surface area contributed by atoms with Crippen LogP contribution in [0.4, 0.5) is 17.1 Å². The Morgan fingerprint density at radius 3 is 2.82 bits per heavy atom. The number of rotatable bonds is 8. The molecule has 0 unspecified atom stereocenters. The van der Waals surface area contributed by atoms with Gasteiger partial charge in [-0.15, -0.1) is 11.3 Å². The van der Waals surface area contributed by atoms with Crippen molar-refractivity contribution in [3.05, 3.63) is 75.0 Å². The Balaban J connectivity index is 1.60. The summed E-state index contributed by atoms with van der Waals surface area (Å²) in [6.45, 7) is 0. The van der Waals surface area contributed by atoms with Crippen molar-refractivity contribution in [3.8, 4) is 5.75 Å². The molecule has 2 aromatic carbocycles. The number of halogens is 1. The SMILES string of the molecule is COc1ccccc1NS(=O)(=O)c1ccc(N/N=C/c2c(Cl)nc3sccn23)c([N+](=O)[O-])c1. The summed E-state index contributed by atoms with van der Waals surface area (Å²) in [5, 5.41) is 17.6. The van der Waals surface area contributed by atoms with Gasteiger partial charge in [0.1, 0.15) is 17.1 Å². The molecule has 0 saturated carbocycles. The van der Waals surface area contributed by atoms with Crippen LogP contribution >= 0.6 is 22.9 Å². The molecule has 0 fully saturated rings. The third-order valence-electron chi connectivity index (χ3n) is 4.45. The maximum atomic E-state index is 12.8. The number of nitrogens with one attached hydrogen (secondary N) is 2. The molecule has 0 saturated heterocycles. The second-order valence-corrected chi connectivity index (χ2v) is 9.37. The van der Waals surface area contributed by atoms with E-state index in [1.54, 1.807) is 28.8 Å². The Labute approximate surface area is 196 Å². The van der Waals surface area contributed by atoms with Crippen molar-refractivity contribution in [2.24, 2.45) is 5.10 Å². The number of nitrogens with zero attached hydrogens (tertiary/aromatic N) is 4. The number of para-hydroxylation sites is 2. The smallest absolute Gasteiger partial charge is 0.295 e. The molecule has 0 aliphatic heterocycles. The highest BCUT2D eigenvalue weighted by atomic mass is 35.5. The van der Waals surface area contributed by atoms with Gasteiger partial charge in [0.25, 0.3) is 15.7 Å². The zero-order valence-electron chi connectivity index (χ0n) is 16.8. The number of hydrogen-bond acceptors (Lipinski definition) is 9. The first-order chi connectivity index (χ1) is 15.8. The van der Waals surface area contributed by atoms with Crippen LogP contribution in [0.25, 0.3) is 4.96 Å². The quantitative estimate of drug-likeness (QED) is 0.207. The van der Waals surface area contributed by atoms with Crippen molar-refractivity contribution in [2.75, 3.05) is 17.3 Å². The molecule has 2 N–H and O–H groups in total. The topological polar surface area (TPSA) is 140 Å². The van der Waals surface area contributed by atoms with E-state index in [0.717, 1.165) is 6.07 Å². The molecule has 0 atom stereocenters. The summed E-state index contributed by atoms with van der Waals surface area (Å²) in [5.74, 6) is 0.307. The van der Waals surface area contributed by atoms with E-state index in [4.69, 9.17) is 16.3 Å². The Morgan fingerprint density at radius 2 is 2.06 bits per heavy atom. The van der Waals surface area contributed by atoms with Crippen LogP contribution in [0, 0.1) is 10.1 Å². The summed E-state index contributed by atoms with van der Waals surface area (Å²) >= 11 is 7.49. The van der Waals surface area contributed by atoms with Gasteiger partial charge in [-0.25, -0.2) is 13.4 Å². The number of hydrazone groups is 1. The molecule has 0 amide bonds. The number of fused-ring (bicyclic) bond motifs is 1. The summed E-state index contributed by atoms with van der Waals surface area (Å²) in [6.07, 6.45) is 3.13. The zero-order valence-corrected chi connectivity index (χ0v) is 19.2. The van der Waals surface area contributed by atoms with E-state index in [9.17, 15) is 18.5 Å². The fourth-order valence-corrected chi connectivity index (χ4v) is 4.99. The Morgan fingerprint density at radius 1 is 1.27 bits per heavy atom. The van der Waals surface area contributed by atoms with Gasteiger partial charge in [-0.05, 0) is 24.3 Å². The molecule has 170 valence electrons. The van der Waals surface area contributed by atoms with E-state index in [2.05, 4.69) is 20.2 Å². The average Bonchev–Trinajstić information content (AvgIpc) is 3.35. The lowest BCUT2D eigenvalue weighted by atomic mass is 10.3. The number of aromatic nitrogens is 2. The number of sulfonamides is 1. The lowest BCUT2D eigenvalue weighted by Gasteiger charge is -2.12. The first-order valence-corrected chi connectivity index (χ1v) is 11.9. The first kappa shape index (κ1) is 22.5. The van der Waals surface area contributed by atoms with Gasteiger partial charge in [0.2, 0.25) is 0 Å². The molecule has 14 heteroatoms. The number of anilines is 2. The first-order valence-electron chi connectivity index (χ1n) is 9.14. The van der Waals surface area contributed by atoms with Crippen molar-refractivity contribution in [3.63, 3.8) is 0 Å². The summed E-state index contributed by atoms with van der Waals surface area (Å²) in [5.41, 5.74) is 2.77. The maximum absolute atomic E-state index is 12.8. The Kier molecular flexibility index (Phi) is 6.18. The van der Waals surface area contributed by atoms with Crippen LogP contribution in [0.1, 0.15) is 5.69 Å². The minimum Gasteiger partial charge on any atom is -0.495 e. The van der Waals surface area contributed by atoms with Gasteiger partial charge in [0.05, 0.1) is 28.8 Å². The monoisotopic (exact) mass is 506 g/mol. The second-order valence-electron chi connectivity index (χ2n) is 6.46. The zero-order chi connectivity index (χ0) is 23.6. The van der Waals surface area contributed by atoms with Crippen LogP contribution in [0.5, 0.6) is 5.75 Å². The maximum Gasteiger partial charge on any atom is 0.295 e. The standard InChI is InChI=1S/C19H15ClN6O5S2/c1-31-17-5-3-2-4-14(17)24-33(29,30)12-6-7-13(15(10-12)26(27)28)23-21-11-16-18(20)22-19-25(16)8-9-32-19/h2-11,23-24H,1H3/b21-11+. The molecule has 0 aliphatic rings. The molecule has 0 bridgehead atoms. The highest BCUT2D eigenvalue weighted by Crippen LogP contribution is 2.31. The fourth-order valence-electron chi connectivity index (χ4n) is 2.91. The van der Waals surface area contributed by atoms with Crippen LogP contribution in [0.3, 0.4) is 0 Å². The van der Waals surface area contributed by atoms with Crippen molar-refractivity contribution < 1.29 is 18.1 Å². The van der Waals surface area contributed by atoms with Gasteiger partial charge in [-0.3, -0.25) is 24.7 Å². The third-order valence-corrected chi connectivity index (χ3v) is 6.85. The van der Waals surface area contributed by atoms with Crippen molar-refractivity contribution in [1.29, 1.82) is 0 Å². The minimum atomic E-state index is -4.13. The fraction of sp³-hybridized carbons (Fsp3) is 0.0526. The highest BCUT2D eigenvalue weighted by Gasteiger charge is 2.22. The van der Waals surface area contributed by atoms with E-state index < -0.39 is 20.6 Å².